The minimum atomic E-state index is 0.332. The molecule has 0 radical (unpaired) electrons. The van der Waals surface area contributed by atoms with Crippen LogP contribution in [0.3, 0.4) is 0 Å². The lowest BCUT2D eigenvalue weighted by atomic mass is 9.94. The van der Waals surface area contributed by atoms with Crippen molar-refractivity contribution in [3.8, 4) is 0 Å². The third kappa shape index (κ3) is 4.83. The van der Waals surface area contributed by atoms with Crippen molar-refractivity contribution in [3.05, 3.63) is 11.6 Å². The Morgan fingerprint density at radius 3 is 2.00 bits per heavy atom. The van der Waals surface area contributed by atoms with Gasteiger partial charge in [-0.25, -0.2) is 0 Å². The molecule has 0 bridgehead atoms. The molecule has 1 heterocycles. The summed E-state index contributed by atoms with van der Waals surface area (Å²) in [6, 6.07) is 0. The van der Waals surface area contributed by atoms with Gasteiger partial charge in [-0.15, -0.1) is 0 Å². The highest BCUT2D eigenvalue weighted by atomic mass is 15.2. The molecule has 0 N–H and O–H groups in total. The highest BCUT2D eigenvalue weighted by Gasteiger charge is 2.23. The monoisotopic (exact) mass is 211 g/mol. The first-order valence-corrected chi connectivity index (χ1v) is 6.35. The molecule has 1 rings (SSSR count). The van der Waals surface area contributed by atoms with Crippen molar-refractivity contribution in [2.24, 2.45) is 5.92 Å². The first-order valence-electron chi connectivity index (χ1n) is 6.35. The van der Waals surface area contributed by atoms with Gasteiger partial charge < -0.3 is 0 Å². The molecule has 0 amide bonds. The maximum Gasteiger partial charge on any atom is 0.0171 e. The van der Waals surface area contributed by atoms with E-state index < -0.39 is 0 Å². The van der Waals surface area contributed by atoms with E-state index in [2.05, 4.69) is 45.6 Å². The Hall–Kier alpha value is -0.300. The Kier molecular flexibility index (Phi) is 6.19. The van der Waals surface area contributed by atoms with Crippen molar-refractivity contribution in [3.63, 3.8) is 0 Å². The van der Waals surface area contributed by atoms with E-state index in [0.29, 0.717) is 5.54 Å². The van der Waals surface area contributed by atoms with Gasteiger partial charge in [-0.3, -0.25) is 4.90 Å². The molecule has 1 heteroatoms. The molecule has 1 nitrogen and oxygen atoms in total. The molecule has 1 aliphatic heterocycles. The SMILES string of the molecule is CC.CC(C)C1=CCN(C(C)(C)C)CC1. The molecule has 0 spiro atoms. The molecule has 1 aliphatic rings. The van der Waals surface area contributed by atoms with Gasteiger partial charge >= 0.3 is 0 Å². The number of nitrogens with zero attached hydrogens (tertiary/aromatic N) is 1. The summed E-state index contributed by atoms with van der Waals surface area (Å²) < 4.78 is 0. The van der Waals surface area contributed by atoms with Crippen LogP contribution in [0.4, 0.5) is 0 Å². The van der Waals surface area contributed by atoms with Crippen molar-refractivity contribution < 1.29 is 0 Å². The first-order chi connectivity index (χ1) is 6.91. The molecular formula is C14H29N. The van der Waals surface area contributed by atoms with Crippen LogP contribution in [-0.2, 0) is 0 Å². The van der Waals surface area contributed by atoms with Crippen molar-refractivity contribution >= 4 is 0 Å². The fourth-order valence-electron chi connectivity index (χ4n) is 1.82. The van der Waals surface area contributed by atoms with Gasteiger partial charge in [0.1, 0.15) is 0 Å². The molecule has 0 unspecified atom stereocenters. The molecule has 0 saturated heterocycles. The van der Waals surface area contributed by atoms with Crippen LogP contribution in [0.15, 0.2) is 11.6 Å². The summed E-state index contributed by atoms with van der Waals surface area (Å²) in [6.07, 6.45) is 3.67. The molecular weight excluding hydrogens is 182 g/mol. The van der Waals surface area contributed by atoms with E-state index in [1.54, 1.807) is 5.57 Å². The lowest BCUT2D eigenvalue weighted by molar-refractivity contribution is 0.147. The van der Waals surface area contributed by atoms with Gasteiger partial charge in [-0.1, -0.05) is 39.3 Å². The van der Waals surface area contributed by atoms with E-state index in [4.69, 9.17) is 0 Å². The Morgan fingerprint density at radius 1 is 1.20 bits per heavy atom. The van der Waals surface area contributed by atoms with Gasteiger partial charge in [-0.2, -0.15) is 0 Å². The fourth-order valence-corrected chi connectivity index (χ4v) is 1.82. The lowest BCUT2D eigenvalue weighted by Crippen LogP contribution is -2.44. The van der Waals surface area contributed by atoms with E-state index in [1.165, 1.54) is 13.0 Å². The zero-order valence-corrected chi connectivity index (χ0v) is 11.7. The molecule has 0 aromatic rings. The van der Waals surface area contributed by atoms with Crippen molar-refractivity contribution in [1.82, 2.24) is 4.90 Å². The molecule has 0 aliphatic carbocycles. The Morgan fingerprint density at radius 2 is 1.73 bits per heavy atom. The predicted molar refractivity (Wildman–Crippen MR) is 70.2 cm³/mol. The number of rotatable bonds is 1. The van der Waals surface area contributed by atoms with Gasteiger partial charge in [0.05, 0.1) is 0 Å². The average Bonchev–Trinajstić information content (AvgIpc) is 2.20. The number of hydrogen-bond acceptors (Lipinski definition) is 1. The van der Waals surface area contributed by atoms with Gasteiger partial charge in [0.15, 0.2) is 0 Å². The summed E-state index contributed by atoms with van der Waals surface area (Å²) in [5, 5.41) is 0. The summed E-state index contributed by atoms with van der Waals surface area (Å²) in [5.41, 5.74) is 1.97. The maximum atomic E-state index is 2.54. The van der Waals surface area contributed by atoms with E-state index in [0.717, 1.165) is 12.5 Å². The number of hydrogen-bond donors (Lipinski definition) is 0. The Balaban J connectivity index is 0.000000921. The maximum absolute atomic E-state index is 2.54. The Labute approximate surface area is 96.6 Å². The summed E-state index contributed by atoms with van der Waals surface area (Å²) in [6.45, 7) is 17.8. The van der Waals surface area contributed by atoms with E-state index in [9.17, 15) is 0 Å². The van der Waals surface area contributed by atoms with E-state index >= 15 is 0 Å². The van der Waals surface area contributed by atoms with Crippen molar-refractivity contribution in [2.75, 3.05) is 13.1 Å². The largest absolute Gasteiger partial charge is 0.295 e. The normalized spacial score (nSPS) is 18.3. The van der Waals surface area contributed by atoms with Gasteiger partial charge in [0, 0.05) is 18.6 Å². The third-order valence-electron chi connectivity index (χ3n) is 2.93. The quantitative estimate of drug-likeness (QED) is 0.590. The summed E-state index contributed by atoms with van der Waals surface area (Å²) in [4.78, 5) is 2.54. The van der Waals surface area contributed by atoms with Crippen LogP contribution in [-0.4, -0.2) is 23.5 Å². The van der Waals surface area contributed by atoms with Crippen LogP contribution in [0.5, 0.6) is 0 Å². The zero-order valence-electron chi connectivity index (χ0n) is 11.7. The molecule has 15 heavy (non-hydrogen) atoms. The van der Waals surface area contributed by atoms with Crippen molar-refractivity contribution in [1.29, 1.82) is 0 Å². The third-order valence-corrected chi connectivity index (χ3v) is 2.93. The molecule has 0 atom stereocenters. The second kappa shape index (κ2) is 6.32. The van der Waals surface area contributed by atoms with Crippen LogP contribution >= 0.6 is 0 Å². The van der Waals surface area contributed by atoms with Crippen molar-refractivity contribution in [2.45, 2.75) is 60.4 Å². The van der Waals surface area contributed by atoms with E-state index in [-0.39, 0.29) is 0 Å². The molecule has 0 fully saturated rings. The van der Waals surface area contributed by atoms with E-state index in [1.807, 2.05) is 13.8 Å². The average molecular weight is 211 g/mol. The van der Waals surface area contributed by atoms with Crippen LogP contribution in [0.1, 0.15) is 54.9 Å². The van der Waals surface area contributed by atoms with Crippen LogP contribution in [0, 0.1) is 5.92 Å². The highest BCUT2D eigenvalue weighted by molar-refractivity contribution is 5.10. The van der Waals surface area contributed by atoms with Crippen LogP contribution < -0.4 is 0 Å². The smallest absolute Gasteiger partial charge is 0.0171 e. The minimum absolute atomic E-state index is 0.332. The molecule has 90 valence electrons. The van der Waals surface area contributed by atoms with Gasteiger partial charge in [0.2, 0.25) is 0 Å². The molecule has 0 aromatic carbocycles. The zero-order chi connectivity index (χ0) is 12.1. The highest BCUT2D eigenvalue weighted by Crippen LogP contribution is 2.23. The van der Waals surface area contributed by atoms with Gasteiger partial charge in [0.25, 0.3) is 0 Å². The van der Waals surface area contributed by atoms with Crippen LogP contribution in [0.25, 0.3) is 0 Å². The second-order valence-corrected chi connectivity index (χ2v) is 5.30. The van der Waals surface area contributed by atoms with Crippen LogP contribution in [0.2, 0.25) is 0 Å². The summed E-state index contributed by atoms with van der Waals surface area (Å²) >= 11 is 0. The minimum Gasteiger partial charge on any atom is -0.295 e. The topological polar surface area (TPSA) is 3.24 Å². The predicted octanol–water partition coefficient (Wildman–Crippen LogP) is 4.10. The molecule has 0 saturated carbocycles. The van der Waals surface area contributed by atoms with Gasteiger partial charge in [-0.05, 0) is 33.1 Å². The first kappa shape index (κ1) is 14.7. The summed E-state index contributed by atoms with van der Waals surface area (Å²) in [7, 11) is 0. The fraction of sp³-hybridized carbons (Fsp3) is 0.857. The summed E-state index contributed by atoms with van der Waals surface area (Å²) in [5.74, 6) is 0.738. The Bertz CT molecular complexity index is 196. The molecule has 0 aromatic heterocycles. The standard InChI is InChI=1S/C12H23N.C2H6/c1-10(2)11-6-8-13(9-7-11)12(3,4)5;1-2/h6,10H,7-9H2,1-5H3;1-2H3. The lowest BCUT2D eigenvalue weighted by Gasteiger charge is -2.38. The second-order valence-electron chi connectivity index (χ2n) is 5.30.